The van der Waals surface area contributed by atoms with Gasteiger partial charge in [-0.25, -0.2) is 12.8 Å². The van der Waals surface area contributed by atoms with E-state index in [-0.39, 0.29) is 47.7 Å². The molecule has 0 unspecified atom stereocenters. The zero-order valence-corrected chi connectivity index (χ0v) is 17.7. The summed E-state index contributed by atoms with van der Waals surface area (Å²) in [7, 11) is -1.36. The molecule has 4 rings (SSSR count). The van der Waals surface area contributed by atoms with Gasteiger partial charge in [0.2, 0.25) is 5.91 Å². The molecular formula is C19H23FN4O3S2. The van der Waals surface area contributed by atoms with Gasteiger partial charge in [0.25, 0.3) is 0 Å². The lowest BCUT2D eigenvalue weighted by Gasteiger charge is -2.26. The number of carbonyl (C=O) groups is 1. The van der Waals surface area contributed by atoms with Crippen LogP contribution in [0.3, 0.4) is 0 Å². The summed E-state index contributed by atoms with van der Waals surface area (Å²) in [6, 6.07) is 6.23. The van der Waals surface area contributed by atoms with Crippen LogP contribution < -0.4 is 0 Å². The molecule has 0 radical (unpaired) electrons. The molecular weight excluding hydrogens is 415 g/mol. The Morgan fingerprint density at radius 3 is 2.62 bits per heavy atom. The third-order valence-corrected chi connectivity index (χ3v) is 8.23. The Morgan fingerprint density at radius 2 is 2.00 bits per heavy atom. The van der Waals surface area contributed by atoms with Crippen LogP contribution in [0.4, 0.5) is 4.39 Å². The molecule has 1 aromatic heterocycles. The SMILES string of the molecule is CN(C(=O)CN1C[C@H](c2ccc(F)cc2)[C@@H](c2csnn2)C1)[C@@H]1CCS(=O)(=O)C1. The van der Waals surface area contributed by atoms with E-state index in [0.717, 1.165) is 11.3 Å². The van der Waals surface area contributed by atoms with E-state index in [1.54, 1.807) is 24.1 Å². The van der Waals surface area contributed by atoms with Crippen LogP contribution in [0, 0.1) is 5.82 Å². The van der Waals surface area contributed by atoms with E-state index in [4.69, 9.17) is 0 Å². The van der Waals surface area contributed by atoms with Crippen LogP contribution in [0.5, 0.6) is 0 Å². The third-order valence-electron chi connectivity index (χ3n) is 5.96. The van der Waals surface area contributed by atoms with Crippen molar-refractivity contribution in [3.8, 4) is 0 Å². The lowest BCUT2D eigenvalue weighted by Crippen LogP contribution is -2.43. The molecule has 2 aromatic rings. The minimum absolute atomic E-state index is 0.0422. The first-order valence-electron chi connectivity index (χ1n) is 9.53. The van der Waals surface area contributed by atoms with E-state index < -0.39 is 9.84 Å². The van der Waals surface area contributed by atoms with Crippen LogP contribution in [-0.4, -0.2) is 77.9 Å². The van der Waals surface area contributed by atoms with Crippen molar-refractivity contribution in [3.63, 3.8) is 0 Å². The quantitative estimate of drug-likeness (QED) is 0.704. The number of hydrogen-bond acceptors (Lipinski definition) is 7. The number of nitrogens with zero attached hydrogens (tertiary/aromatic N) is 4. The number of likely N-dealkylation sites (tertiary alicyclic amines) is 1. The maximum atomic E-state index is 13.4. The van der Waals surface area contributed by atoms with Crippen LogP contribution in [0.1, 0.15) is 29.5 Å². The molecule has 7 nitrogen and oxygen atoms in total. The van der Waals surface area contributed by atoms with Crippen LogP contribution in [-0.2, 0) is 14.6 Å². The van der Waals surface area contributed by atoms with Crippen molar-refractivity contribution in [2.45, 2.75) is 24.3 Å². The number of halogens is 1. The topological polar surface area (TPSA) is 83.5 Å². The minimum Gasteiger partial charge on any atom is -0.341 e. The van der Waals surface area contributed by atoms with Gasteiger partial charge in [0.15, 0.2) is 9.84 Å². The highest BCUT2D eigenvalue weighted by molar-refractivity contribution is 7.91. The maximum absolute atomic E-state index is 13.4. The number of carbonyl (C=O) groups excluding carboxylic acids is 1. The summed E-state index contributed by atoms with van der Waals surface area (Å²) in [5, 5.41) is 6.14. The molecule has 0 saturated carbocycles. The molecule has 0 aliphatic carbocycles. The lowest BCUT2D eigenvalue weighted by molar-refractivity contribution is -0.132. The van der Waals surface area contributed by atoms with Gasteiger partial charge in [0.05, 0.1) is 23.7 Å². The largest absolute Gasteiger partial charge is 0.341 e. The number of amides is 1. The maximum Gasteiger partial charge on any atom is 0.236 e. The fraction of sp³-hybridized carbons (Fsp3) is 0.526. The average Bonchev–Trinajstić information content (AvgIpc) is 3.41. The highest BCUT2D eigenvalue weighted by Gasteiger charge is 2.38. The van der Waals surface area contributed by atoms with Crippen molar-refractivity contribution in [1.29, 1.82) is 0 Å². The molecule has 2 saturated heterocycles. The summed E-state index contributed by atoms with van der Waals surface area (Å²) in [6.45, 7) is 1.52. The van der Waals surface area contributed by atoms with Crippen molar-refractivity contribution >= 4 is 27.3 Å². The molecule has 156 valence electrons. The molecule has 1 amide bonds. The van der Waals surface area contributed by atoms with Gasteiger partial charge in [-0.1, -0.05) is 16.6 Å². The van der Waals surface area contributed by atoms with E-state index in [1.165, 1.54) is 23.7 Å². The second kappa shape index (κ2) is 8.08. The zero-order valence-electron chi connectivity index (χ0n) is 16.1. The number of sulfone groups is 1. The van der Waals surface area contributed by atoms with E-state index in [1.807, 2.05) is 5.38 Å². The third kappa shape index (κ3) is 4.49. The van der Waals surface area contributed by atoms with Gasteiger partial charge in [0.1, 0.15) is 5.82 Å². The van der Waals surface area contributed by atoms with Crippen LogP contribution in [0.15, 0.2) is 29.6 Å². The summed E-state index contributed by atoms with van der Waals surface area (Å²) in [4.78, 5) is 16.4. The highest BCUT2D eigenvalue weighted by atomic mass is 32.2. The Balaban J connectivity index is 1.47. The van der Waals surface area contributed by atoms with Gasteiger partial charge < -0.3 is 4.90 Å². The van der Waals surface area contributed by atoms with Gasteiger partial charge in [-0.2, -0.15) is 0 Å². The molecule has 0 bridgehead atoms. The van der Waals surface area contributed by atoms with E-state index in [2.05, 4.69) is 14.5 Å². The van der Waals surface area contributed by atoms with Gasteiger partial charge in [-0.3, -0.25) is 9.69 Å². The summed E-state index contributed by atoms with van der Waals surface area (Å²) in [6.07, 6.45) is 0.496. The van der Waals surface area contributed by atoms with E-state index in [9.17, 15) is 17.6 Å². The van der Waals surface area contributed by atoms with Gasteiger partial charge in [0, 0.05) is 43.4 Å². The molecule has 2 aliphatic rings. The summed E-state index contributed by atoms with van der Waals surface area (Å²) < 4.78 is 40.8. The second-order valence-corrected chi connectivity index (χ2v) is 10.7. The number of rotatable bonds is 5. The molecule has 10 heteroatoms. The highest BCUT2D eigenvalue weighted by Crippen LogP contribution is 2.39. The predicted octanol–water partition coefficient (Wildman–Crippen LogP) is 1.51. The van der Waals surface area contributed by atoms with Crippen LogP contribution in [0.2, 0.25) is 0 Å². The fourth-order valence-electron chi connectivity index (χ4n) is 4.28. The van der Waals surface area contributed by atoms with Crippen molar-refractivity contribution in [2.24, 2.45) is 0 Å². The monoisotopic (exact) mass is 438 g/mol. The molecule has 3 heterocycles. The average molecular weight is 439 g/mol. The smallest absolute Gasteiger partial charge is 0.236 e. The number of aromatic nitrogens is 2. The van der Waals surface area contributed by atoms with E-state index in [0.29, 0.717) is 19.5 Å². The molecule has 1 aromatic carbocycles. The zero-order chi connectivity index (χ0) is 20.6. The summed E-state index contributed by atoms with van der Waals surface area (Å²) >= 11 is 1.29. The Kier molecular flexibility index (Phi) is 5.67. The Bertz CT molecular complexity index is 966. The van der Waals surface area contributed by atoms with Crippen molar-refractivity contribution < 1.29 is 17.6 Å². The summed E-state index contributed by atoms with van der Waals surface area (Å²) in [5.41, 5.74) is 1.89. The number of benzene rings is 1. The minimum atomic E-state index is -3.04. The van der Waals surface area contributed by atoms with Crippen molar-refractivity contribution in [3.05, 3.63) is 46.7 Å². The van der Waals surface area contributed by atoms with E-state index >= 15 is 0 Å². The molecule has 2 aliphatic heterocycles. The molecule has 0 spiro atoms. The number of likely N-dealkylation sites (N-methyl/N-ethyl adjacent to an activating group) is 1. The lowest BCUT2D eigenvalue weighted by atomic mass is 9.87. The number of hydrogen-bond donors (Lipinski definition) is 0. The fourth-order valence-corrected chi connectivity index (χ4v) is 6.58. The second-order valence-electron chi connectivity index (χ2n) is 7.85. The molecule has 29 heavy (non-hydrogen) atoms. The van der Waals surface area contributed by atoms with Gasteiger partial charge in [-0.05, 0) is 35.6 Å². The molecule has 3 atom stereocenters. The van der Waals surface area contributed by atoms with Crippen LogP contribution >= 0.6 is 11.5 Å². The van der Waals surface area contributed by atoms with Crippen molar-refractivity contribution in [1.82, 2.24) is 19.4 Å². The predicted molar refractivity (Wildman–Crippen MR) is 108 cm³/mol. The molecule has 2 fully saturated rings. The van der Waals surface area contributed by atoms with Crippen LogP contribution in [0.25, 0.3) is 0 Å². The first-order chi connectivity index (χ1) is 13.8. The Labute approximate surface area is 173 Å². The van der Waals surface area contributed by atoms with Gasteiger partial charge >= 0.3 is 0 Å². The Morgan fingerprint density at radius 1 is 1.28 bits per heavy atom. The normalized spacial score (nSPS) is 26.6. The van der Waals surface area contributed by atoms with Crippen molar-refractivity contribution in [2.75, 3.05) is 38.2 Å². The summed E-state index contributed by atoms with van der Waals surface area (Å²) in [5.74, 6) is -0.0140. The Hall–Kier alpha value is -1.91. The van der Waals surface area contributed by atoms with Gasteiger partial charge in [-0.15, -0.1) is 5.10 Å². The standard InChI is InChI=1S/C19H23FN4O3S2/c1-23(15-6-7-29(26,27)12-15)19(25)10-24-8-16(13-2-4-14(20)5-3-13)17(9-24)18-11-28-22-21-18/h2-5,11,15-17H,6-10,12H2,1H3/t15-,16-,17+/m1/s1. The molecule has 0 N–H and O–H groups in total. The first-order valence-corrected chi connectivity index (χ1v) is 12.2. The first kappa shape index (κ1) is 20.4.